The van der Waals surface area contributed by atoms with E-state index in [0.717, 1.165) is 12.3 Å². The van der Waals surface area contributed by atoms with Crippen LogP contribution in [0.2, 0.25) is 5.15 Å². The molecule has 0 unspecified atom stereocenters. The lowest BCUT2D eigenvalue weighted by Crippen LogP contribution is -2.41. The normalized spacial score (nSPS) is 11.2. The zero-order chi connectivity index (χ0) is 17.9. The lowest BCUT2D eigenvalue weighted by atomic mass is 10.1. The van der Waals surface area contributed by atoms with Gasteiger partial charge in [0.2, 0.25) is 0 Å². The molecule has 0 aliphatic carbocycles. The SMILES string of the molecule is O=C(O)c1cnc(Cl)cc1N(Cc1ccccc1)C(=O)C(F)(F)F. The minimum Gasteiger partial charge on any atom is -0.478 e. The van der Waals surface area contributed by atoms with E-state index >= 15 is 0 Å². The molecule has 1 heterocycles. The van der Waals surface area contributed by atoms with E-state index in [2.05, 4.69) is 4.98 Å². The van der Waals surface area contributed by atoms with Gasteiger partial charge in [-0.05, 0) is 5.56 Å². The highest BCUT2D eigenvalue weighted by Crippen LogP contribution is 2.29. The van der Waals surface area contributed by atoms with Crippen molar-refractivity contribution >= 4 is 29.2 Å². The molecule has 1 aromatic carbocycles. The third-order valence-corrected chi connectivity index (χ3v) is 3.25. The van der Waals surface area contributed by atoms with Crippen molar-refractivity contribution in [3.05, 3.63) is 58.9 Å². The number of carbonyl (C=O) groups excluding carboxylic acids is 1. The standard InChI is InChI=1S/C15H10ClF3N2O3/c16-12-6-11(10(7-20-12)13(22)23)21(14(24)15(17,18)19)8-9-4-2-1-3-5-9/h1-7H,8H2,(H,22,23). The fourth-order valence-corrected chi connectivity index (χ4v) is 2.15. The van der Waals surface area contributed by atoms with Crippen LogP contribution in [0.15, 0.2) is 42.6 Å². The second kappa shape index (κ2) is 6.88. The van der Waals surface area contributed by atoms with Crippen molar-refractivity contribution in [3.8, 4) is 0 Å². The highest BCUT2D eigenvalue weighted by molar-refractivity contribution is 6.30. The summed E-state index contributed by atoms with van der Waals surface area (Å²) >= 11 is 5.66. The molecule has 5 nitrogen and oxygen atoms in total. The highest BCUT2D eigenvalue weighted by Gasteiger charge is 2.44. The summed E-state index contributed by atoms with van der Waals surface area (Å²) < 4.78 is 38.8. The van der Waals surface area contributed by atoms with Gasteiger partial charge in [-0.1, -0.05) is 41.9 Å². The van der Waals surface area contributed by atoms with Crippen molar-refractivity contribution in [2.24, 2.45) is 0 Å². The summed E-state index contributed by atoms with van der Waals surface area (Å²) in [6.45, 7) is -0.472. The third kappa shape index (κ3) is 4.02. The molecule has 0 saturated carbocycles. The van der Waals surface area contributed by atoms with Crippen molar-refractivity contribution in [3.63, 3.8) is 0 Å². The molecule has 126 valence electrons. The van der Waals surface area contributed by atoms with E-state index in [1.807, 2.05) is 0 Å². The lowest BCUT2D eigenvalue weighted by Gasteiger charge is -2.25. The maximum Gasteiger partial charge on any atom is 0.471 e. The first-order valence-corrected chi connectivity index (χ1v) is 6.89. The minimum atomic E-state index is -5.18. The Kier molecular flexibility index (Phi) is 5.08. The van der Waals surface area contributed by atoms with Crippen LogP contribution in [0.25, 0.3) is 0 Å². The molecule has 1 N–H and O–H groups in total. The van der Waals surface area contributed by atoms with Gasteiger partial charge in [-0.15, -0.1) is 0 Å². The van der Waals surface area contributed by atoms with Gasteiger partial charge in [0.15, 0.2) is 0 Å². The van der Waals surface area contributed by atoms with Crippen LogP contribution in [-0.2, 0) is 11.3 Å². The number of anilines is 1. The van der Waals surface area contributed by atoms with Gasteiger partial charge in [0.25, 0.3) is 0 Å². The summed E-state index contributed by atoms with van der Waals surface area (Å²) in [4.78, 5) is 26.9. The lowest BCUT2D eigenvalue weighted by molar-refractivity contribution is -0.170. The number of rotatable bonds is 4. The fourth-order valence-electron chi connectivity index (χ4n) is 1.99. The number of aromatic carboxylic acids is 1. The fraction of sp³-hybridized carbons (Fsp3) is 0.133. The summed E-state index contributed by atoms with van der Waals surface area (Å²) in [5.74, 6) is -3.72. The Hall–Kier alpha value is -2.61. The molecule has 0 atom stereocenters. The molecule has 24 heavy (non-hydrogen) atoms. The summed E-state index contributed by atoms with van der Waals surface area (Å²) in [5.41, 5.74) is -0.652. The van der Waals surface area contributed by atoms with Crippen LogP contribution in [0.5, 0.6) is 0 Å². The first-order chi connectivity index (χ1) is 11.2. The van der Waals surface area contributed by atoms with Gasteiger partial charge in [-0.2, -0.15) is 13.2 Å². The van der Waals surface area contributed by atoms with Crippen molar-refractivity contribution < 1.29 is 27.9 Å². The van der Waals surface area contributed by atoms with E-state index in [9.17, 15) is 22.8 Å². The molecule has 0 aliphatic rings. The van der Waals surface area contributed by atoms with Gasteiger partial charge in [-0.25, -0.2) is 9.78 Å². The highest BCUT2D eigenvalue weighted by atomic mass is 35.5. The number of hydrogen-bond donors (Lipinski definition) is 1. The number of carboxylic acids is 1. The Bertz CT molecular complexity index is 766. The Morgan fingerprint density at radius 1 is 1.21 bits per heavy atom. The summed E-state index contributed by atoms with van der Waals surface area (Å²) in [5, 5.41) is 8.92. The van der Waals surface area contributed by atoms with Gasteiger partial charge >= 0.3 is 18.1 Å². The Balaban J connectivity index is 2.56. The number of pyridine rings is 1. The van der Waals surface area contributed by atoms with Crippen LogP contribution in [0.4, 0.5) is 18.9 Å². The molecule has 0 spiro atoms. The number of nitrogens with zero attached hydrogens (tertiary/aromatic N) is 2. The number of carboxylic acid groups (broad SMARTS) is 1. The topological polar surface area (TPSA) is 70.5 Å². The number of benzene rings is 1. The maximum absolute atomic E-state index is 12.9. The van der Waals surface area contributed by atoms with Crippen LogP contribution in [0.1, 0.15) is 15.9 Å². The number of hydrogen-bond acceptors (Lipinski definition) is 3. The second-order valence-corrected chi connectivity index (χ2v) is 5.09. The number of aromatic nitrogens is 1. The van der Waals surface area contributed by atoms with Crippen LogP contribution in [0.3, 0.4) is 0 Å². The molecule has 1 amide bonds. The average Bonchev–Trinajstić information content (AvgIpc) is 2.51. The molecule has 1 aromatic heterocycles. The second-order valence-electron chi connectivity index (χ2n) is 4.70. The van der Waals surface area contributed by atoms with Gasteiger partial charge in [0.1, 0.15) is 10.7 Å². The van der Waals surface area contributed by atoms with Gasteiger partial charge in [0.05, 0.1) is 12.2 Å². The van der Waals surface area contributed by atoms with E-state index in [-0.39, 0.29) is 5.15 Å². The number of carbonyl (C=O) groups is 2. The van der Waals surface area contributed by atoms with Crippen LogP contribution >= 0.6 is 11.6 Å². The summed E-state index contributed by atoms with van der Waals surface area (Å²) in [7, 11) is 0. The predicted molar refractivity (Wildman–Crippen MR) is 79.9 cm³/mol. The first-order valence-electron chi connectivity index (χ1n) is 6.51. The van der Waals surface area contributed by atoms with Gasteiger partial charge in [0, 0.05) is 12.3 Å². The largest absolute Gasteiger partial charge is 0.478 e. The predicted octanol–water partition coefficient (Wildman–Crippen LogP) is 3.53. The molecule has 0 fully saturated rings. The molecular weight excluding hydrogens is 349 g/mol. The van der Waals surface area contributed by atoms with E-state index in [1.165, 1.54) is 12.1 Å². The average molecular weight is 359 g/mol. The van der Waals surface area contributed by atoms with E-state index in [0.29, 0.717) is 10.5 Å². The smallest absolute Gasteiger partial charge is 0.471 e. The van der Waals surface area contributed by atoms with Gasteiger partial charge < -0.3 is 5.11 Å². The number of amides is 1. The first kappa shape index (κ1) is 17.7. The Morgan fingerprint density at radius 2 is 1.83 bits per heavy atom. The monoisotopic (exact) mass is 358 g/mol. The van der Waals surface area contributed by atoms with Crippen molar-refractivity contribution in [2.45, 2.75) is 12.7 Å². The zero-order valence-electron chi connectivity index (χ0n) is 11.9. The van der Waals surface area contributed by atoms with Gasteiger partial charge in [-0.3, -0.25) is 9.69 Å². The van der Waals surface area contributed by atoms with Crippen molar-refractivity contribution in [2.75, 3.05) is 4.90 Å². The molecular formula is C15H10ClF3N2O3. The Morgan fingerprint density at radius 3 is 2.38 bits per heavy atom. The molecule has 9 heteroatoms. The third-order valence-electron chi connectivity index (χ3n) is 3.04. The maximum atomic E-state index is 12.9. The van der Waals surface area contributed by atoms with Crippen LogP contribution < -0.4 is 4.90 Å². The Labute approximate surface area is 139 Å². The number of alkyl halides is 3. The van der Waals surface area contributed by atoms with E-state index in [1.54, 1.807) is 18.2 Å². The van der Waals surface area contributed by atoms with Crippen molar-refractivity contribution in [1.82, 2.24) is 4.98 Å². The molecule has 0 saturated heterocycles. The molecule has 2 aromatic rings. The quantitative estimate of drug-likeness (QED) is 0.849. The molecule has 0 radical (unpaired) electrons. The molecule has 2 rings (SSSR count). The molecule has 0 aliphatic heterocycles. The summed E-state index contributed by atoms with van der Waals surface area (Å²) in [6, 6.07) is 8.77. The zero-order valence-corrected chi connectivity index (χ0v) is 12.7. The van der Waals surface area contributed by atoms with E-state index < -0.39 is 35.8 Å². The number of halogens is 4. The molecule has 0 bridgehead atoms. The minimum absolute atomic E-state index is 0.233. The van der Waals surface area contributed by atoms with E-state index in [4.69, 9.17) is 16.7 Å². The van der Waals surface area contributed by atoms with Crippen LogP contribution in [-0.4, -0.2) is 28.1 Å². The summed E-state index contributed by atoms with van der Waals surface area (Å²) in [6.07, 6.45) is -4.37. The van der Waals surface area contributed by atoms with Crippen LogP contribution in [0, 0.1) is 0 Å². The van der Waals surface area contributed by atoms with Crippen molar-refractivity contribution in [1.29, 1.82) is 0 Å².